The lowest BCUT2D eigenvalue weighted by atomic mass is 9.98. The molecule has 0 heteroatoms. The van der Waals surface area contributed by atoms with Crippen LogP contribution in [-0.2, 0) is 0 Å². The highest BCUT2D eigenvalue weighted by Crippen LogP contribution is 2.19. The number of hydrogen-bond donors (Lipinski definition) is 0. The molecule has 0 aromatic heterocycles. The molecule has 0 rings (SSSR count). The van der Waals surface area contributed by atoms with Crippen molar-refractivity contribution in [3.63, 3.8) is 0 Å². The predicted molar refractivity (Wildman–Crippen MR) is 66.3 cm³/mol. The summed E-state index contributed by atoms with van der Waals surface area (Å²) in [5, 5.41) is 0. The van der Waals surface area contributed by atoms with E-state index in [1.165, 1.54) is 11.1 Å². The minimum Gasteiger partial charge on any atom is -0.0958 e. The summed E-state index contributed by atoms with van der Waals surface area (Å²) < 4.78 is 0. The van der Waals surface area contributed by atoms with Crippen LogP contribution in [0.1, 0.15) is 34.6 Å². The first kappa shape index (κ1) is 13.0. The molecule has 78 valence electrons. The van der Waals surface area contributed by atoms with Crippen LogP contribution in [0.5, 0.6) is 0 Å². The molecule has 0 amide bonds. The third-order valence-electron chi connectivity index (χ3n) is 2.37. The van der Waals surface area contributed by atoms with Gasteiger partial charge in [-0.3, -0.25) is 0 Å². The molecule has 0 radical (unpaired) electrons. The summed E-state index contributed by atoms with van der Waals surface area (Å²) in [6, 6.07) is 0. The molecule has 0 spiro atoms. The van der Waals surface area contributed by atoms with Gasteiger partial charge < -0.3 is 0 Å². The monoisotopic (exact) mass is 190 g/mol. The molecule has 0 nitrogen and oxygen atoms in total. The molecular weight excluding hydrogens is 168 g/mol. The van der Waals surface area contributed by atoms with Crippen LogP contribution >= 0.6 is 0 Å². The van der Waals surface area contributed by atoms with Gasteiger partial charge in [0.1, 0.15) is 0 Å². The minimum absolute atomic E-state index is 0.574. The van der Waals surface area contributed by atoms with Crippen LogP contribution in [-0.4, -0.2) is 0 Å². The second-order valence-electron chi connectivity index (χ2n) is 4.16. The van der Waals surface area contributed by atoms with Crippen molar-refractivity contribution >= 4 is 0 Å². The molecule has 14 heavy (non-hydrogen) atoms. The summed E-state index contributed by atoms with van der Waals surface area (Å²) in [5.74, 6) is 0.574. The van der Waals surface area contributed by atoms with Gasteiger partial charge in [0.05, 0.1) is 0 Å². The van der Waals surface area contributed by atoms with Gasteiger partial charge in [0.2, 0.25) is 0 Å². The predicted octanol–water partition coefficient (Wildman–Crippen LogP) is 4.67. The van der Waals surface area contributed by atoms with E-state index in [1.54, 1.807) is 0 Å². The molecule has 0 aliphatic heterocycles. The lowest BCUT2D eigenvalue weighted by molar-refractivity contribution is 0.831. The van der Waals surface area contributed by atoms with Crippen LogP contribution in [0.15, 0.2) is 47.6 Å². The Hall–Kier alpha value is -1.04. The maximum absolute atomic E-state index is 4.04. The summed E-state index contributed by atoms with van der Waals surface area (Å²) in [6.45, 7) is 18.5. The van der Waals surface area contributed by atoms with Crippen molar-refractivity contribution in [3.05, 3.63) is 47.6 Å². The third kappa shape index (κ3) is 4.27. The topological polar surface area (TPSA) is 0 Å². The Kier molecular flexibility index (Phi) is 5.22. The van der Waals surface area contributed by atoms with Crippen LogP contribution in [0.4, 0.5) is 0 Å². The van der Waals surface area contributed by atoms with E-state index in [-0.39, 0.29) is 0 Å². The number of rotatable bonds is 4. The van der Waals surface area contributed by atoms with Crippen LogP contribution < -0.4 is 0 Å². The van der Waals surface area contributed by atoms with E-state index in [0.29, 0.717) is 5.92 Å². The van der Waals surface area contributed by atoms with E-state index < -0.39 is 0 Å². The maximum Gasteiger partial charge on any atom is -0.0287 e. The van der Waals surface area contributed by atoms with Crippen LogP contribution in [0.3, 0.4) is 0 Å². The zero-order valence-electron chi connectivity index (χ0n) is 10.1. The molecule has 0 N–H and O–H groups in total. The first-order chi connectivity index (χ1) is 6.36. The van der Waals surface area contributed by atoms with E-state index in [2.05, 4.69) is 53.0 Å². The van der Waals surface area contributed by atoms with Crippen molar-refractivity contribution in [1.29, 1.82) is 0 Å². The lowest BCUT2D eigenvalue weighted by Crippen LogP contribution is -1.88. The van der Waals surface area contributed by atoms with Gasteiger partial charge in [-0.2, -0.15) is 0 Å². The largest absolute Gasteiger partial charge is 0.0958 e. The molecule has 0 bridgehead atoms. The second kappa shape index (κ2) is 5.64. The Morgan fingerprint density at radius 2 is 1.50 bits per heavy atom. The number of allylic oxidation sites excluding steroid dienone is 6. The fraction of sp³-hybridized carbons (Fsp3) is 0.429. The molecule has 0 heterocycles. The Balaban J connectivity index is 4.71. The van der Waals surface area contributed by atoms with Gasteiger partial charge >= 0.3 is 0 Å². The summed E-state index contributed by atoms with van der Waals surface area (Å²) in [7, 11) is 0. The van der Waals surface area contributed by atoms with Gasteiger partial charge in [-0.25, -0.2) is 0 Å². The zero-order valence-corrected chi connectivity index (χ0v) is 10.1. The third-order valence-corrected chi connectivity index (χ3v) is 2.37. The fourth-order valence-corrected chi connectivity index (χ4v) is 0.995. The van der Waals surface area contributed by atoms with Crippen LogP contribution in [0.2, 0.25) is 0 Å². The highest BCUT2D eigenvalue weighted by atomic mass is 14.0. The normalized spacial score (nSPS) is 13.3. The molecular formula is C14H22. The lowest BCUT2D eigenvalue weighted by Gasteiger charge is -2.07. The Morgan fingerprint density at radius 1 is 1.00 bits per heavy atom. The van der Waals surface area contributed by atoms with E-state index in [1.807, 2.05) is 6.92 Å². The summed E-state index contributed by atoms with van der Waals surface area (Å²) in [5.41, 5.74) is 4.67. The van der Waals surface area contributed by atoms with Crippen LogP contribution in [0, 0.1) is 5.92 Å². The van der Waals surface area contributed by atoms with Gasteiger partial charge in [-0.05, 0) is 43.4 Å². The van der Waals surface area contributed by atoms with Crippen molar-refractivity contribution in [2.75, 3.05) is 0 Å². The highest BCUT2D eigenvalue weighted by molar-refractivity contribution is 5.44. The Bertz CT molecular complexity index is 285. The molecule has 0 saturated heterocycles. The zero-order chi connectivity index (χ0) is 11.3. The van der Waals surface area contributed by atoms with E-state index >= 15 is 0 Å². The van der Waals surface area contributed by atoms with E-state index in [0.717, 1.165) is 11.1 Å². The first-order valence-electron chi connectivity index (χ1n) is 5.07. The molecule has 0 atom stereocenters. The second-order valence-corrected chi connectivity index (χ2v) is 4.16. The molecule has 0 saturated carbocycles. The molecule has 0 aromatic carbocycles. The highest BCUT2D eigenvalue weighted by Gasteiger charge is 1.99. The van der Waals surface area contributed by atoms with Crippen LogP contribution in [0.25, 0.3) is 0 Å². The quantitative estimate of drug-likeness (QED) is 0.565. The smallest absolute Gasteiger partial charge is 0.0287 e. The molecule has 0 aromatic rings. The van der Waals surface area contributed by atoms with Crippen molar-refractivity contribution in [2.24, 2.45) is 5.92 Å². The van der Waals surface area contributed by atoms with Gasteiger partial charge in [-0.15, -0.1) is 0 Å². The maximum atomic E-state index is 4.04. The van der Waals surface area contributed by atoms with Crippen molar-refractivity contribution in [1.82, 2.24) is 0 Å². The Labute approximate surface area is 88.7 Å². The summed E-state index contributed by atoms with van der Waals surface area (Å²) in [4.78, 5) is 0. The molecule has 0 aliphatic rings. The molecule has 0 unspecified atom stereocenters. The standard InChI is InChI=1S/C14H22/c1-10(2)8-9-12(5)14(7)13(6)11(3)4/h8-10H,3,5H2,1-2,4,6-7H3/b9-8+,14-13-. The Morgan fingerprint density at radius 3 is 1.86 bits per heavy atom. The van der Waals surface area contributed by atoms with Crippen molar-refractivity contribution in [3.8, 4) is 0 Å². The van der Waals surface area contributed by atoms with E-state index in [9.17, 15) is 0 Å². The summed E-state index contributed by atoms with van der Waals surface area (Å²) >= 11 is 0. The van der Waals surface area contributed by atoms with Crippen molar-refractivity contribution in [2.45, 2.75) is 34.6 Å². The van der Waals surface area contributed by atoms with Gasteiger partial charge in [0, 0.05) is 0 Å². The average Bonchev–Trinajstić information content (AvgIpc) is 2.11. The van der Waals surface area contributed by atoms with Gasteiger partial charge in [0.15, 0.2) is 0 Å². The fourth-order valence-electron chi connectivity index (χ4n) is 0.995. The summed E-state index contributed by atoms with van der Waals surface area (Å²) in [6.07, 6.45) is 4.25. The van der Waals surface area contributed by atoms with Gasteiger partial charge in [0.25, 0.3) is 0 Å². The number of hydrogen-bond acceptors (Lipinski definition) is 0. The first-order valence-corrected chi connectivity index (χ1v) is 5.07. The minimum atomic E-state index is 0.574. The van der Waals surface area contributed by atoms with Gasteiger partial charge in [-0.1, -0.05) is 44.7 Å². The molecule has 0 aliphatic carbocycles. The van der Waals surface area contributed by atoms with E-state index in [4.69, 9.17) is 0 Å². The SMILES string of the molecule is C=C(C)/C(C)=C(/C)C(=C)/C=C/C(C)C. The van der Waals surface area contributed by atoms with Crippen molar-refractivity contribution < 1.29 is 0 Å². The molecule has 0 fully saturated rings. The average molecular weight is 190 g/mol.